The normalized spacial score (nSPS) is 12.3. The van der Waals surface area contributed by atoms with Crippen LogP contribution in [0.4, 0.5) is 4.39 Å². The topological polar surface area (TPSA) is 12.0 Å². The fraction of sp³-hybridized carbons (Fsp3) is 0.250. The van der Waals surface area contributed by atoms with Gasteiger partial charge in [-0.3, -0.25) is 0 Å². The molecule has 0 fully saturated rings. The van der Waals surface area contributed by atoms with Gasteiger partial charge in [-0.05, 0) is 49.4 Å². The summed E-state index contributed by atoms with van der Waals surface area (Å²) in [6.45, 7) is 0. The Bertz CT molecular complexity index is 544. The van der Waals surface area contributed by atoms with Crippen molar-refractivity contribution in [3.8, 4) is 0 Å². The Morgan fingerprint density at radius 3 is 2.60 bits per heavy atom. The molecule has 0 bridgehead atoms. The highest BCUT2D eigenvalue weighted by Crippen LogP contribution is 2.23. The summed E-state index contributed by atoms with van der Waals surface area (Å²) in [5.74, 6) is 0.747. The quantitative estimate of drug-likeness (QED) is 0.794. The van der Waals surface area contributed by atoms with Gasteiger partial charge in [0.05, 0.1) is 0 Å². The molecule has 0 saturated carbocycles. The van der Waals surface area contributed by atoms with Crippen molar-refractivity contribution < 1.29 is 4.39 Å². The number of halogens is 2. The zero-order valence-corrected chi connectivity index (χ0v) is 12.8. The molecule has 1 N–H and O–H groups in total. The first kappa shape index (κ1) is 15.4. The van der Waals surface area contributed by atoms with Gasteiger partial charge in [-0.2, -0.15) is 0 Å². The molecule has 0 aromatic heterocycles. The van der Waals surface area contributed by atoms with Crippen molar-refractivity contribution in [2.75, 3.05) is 12.8 Å². The third-order valence-electron chi connectivity index (χ3n) is 3.05. The monoisotopic (exact) mass is 309 g/mol. The van der Waals surface area contributed by atoms with Crippen molar-refractivity contribution in [2.45, 2.75) is 17.4 Å². The van der Waals surface area contributed by atoms with E-state index in [1.807, 2.05) is 37.4 Å². The van der Waals surface area contributed by atoms with Crippen LogP contribution in [0.3, 0.4) is 0 Å². The van der Waals surface area contributed by atoms with E-state index < -0.39 is 0 Å². The van der Waals surface area contributed by atoms with E-state index in [1.165, 1.54) is 12.1 Å². The molecule has 106 valence electrons. The van der Waals surface area contributed by atoms with E-state index in [9.17, 15) is 4.39 Å². The van der Waals surface area contributed by atoms with Crippen LogP contribution in [-0.4, -0.2) is 18.8 Å². The second-order valence-electron chi connectivity index (χ2n) is 4.58. The minimum atomic E-state index is -0.192. The van der Waals surface area contributed by atoms with Crippen molar-refractivity contribution in [1.29, 1.82) is 0 Å². The van der Waals surface area contributed by atoms with Crippen molar-refractivity contribution in [3.63, 3.8) is 0 Å². The van der Waals surface area contributed by atoms with E-state index in [0.29, 0.717) is 6.04 Å². The summed E-state index contributed by atoms with van der Waals surface area (Å²) in [7, 11) is 1.95. The van der Waals surface area contributed by atoms with Crippen molar-refractivity contribution in [3.05, 3.63) is 64.9 Å². The average molecular weight is 310 g/mol. The van der Waals surface area contributed by atoms with E-state index in [0.717, 1.165) is 27.7 Å². The molecule has 2 aromatic carbocycles. The molecular weight excluding hydrogens is 293 g/mol. The average Bonchev–Trinajstić information content (AvgIpc) is 2.45. The standard InChI is InChI=1S/C16H17ClFNS/c1-19-15(9-12-5-7-14(18)8-6-12)11-20-16-4-2-3-13(17)10-16/h2-8,10,15,19H,9,11H2,1H3. The van der Waals surface area contributed by atoms with Crippen LogP contribution >= 0.6 is 23.4 Å². The molecule has 20 heavy (non-hydrogen) atoms. The Hall–Kier alpha value is -1.03. The van der Waals surface area contributed by atoms with Gasteiger partial charge in [0.15, 0.2) is 0 Å². The maximum atomic E-state index is 12.9. The molecule has 0 heterocycles. The summed E-state index contributed by atoms with van der Waals surface area (Å²) in [6.07, 6.45) is 0.879. The lowest BCUT2D eigenvalue weighted by atomic mass is 10.1. The molecule has 4 heteroatoms. The summed E-state index contributed by atoms with van der Waals surface area (Å²) in [5.41, 5.74) is 1.14. The molecule has 0 radical (unpaired) electrons. The Morgan fingerprint density at radius 1 is 1.20 bits per heavy atom. The maximum Gasteiger partial charge on any atom is 0.123 e. The first-order chi connectivity index (χ1) is 9.67. The molecule has 0 spiro atoms. The van der Waals surface area contributed by atoms with Gasteiger partial charge in [-0.1, -0.05) is 29.8 Å². The van der Waals surface area contributed by atoms with Gasteiger partial charge in [0.25, 0.3) is 0 Å². The highest BCUT2D eigenvalue weighted by Gasteiger charge is 2.08. The zero-order valence-electron chi connectivity index (χ0n) is 11.3. The molecule has 0 saturated heterocycles. The highest BCUT2D eigenvalue weighted by atomic mass is 35.5. The highest BCUT2D eigenvalue weighted by molar-refractivity contribution is 7.99. The molecule has 1 unspecified atom stereocenters. The minimum absolute atomic E-state index is 0.192. The van der Waals surface area contributed by atoms with Gasteiger partial charge in [0.1, 0.15) is 5.82 Å². The van der Waals surface area contributed by atoms with Crippen LogP contribution in [0.25, 0.3) is 0 Å². The second-order valence-corrected chi connectivity index (χ2v) is 6.11. The molecular formula is C16H17ClFNS. The number of rotatable bonds is 6. The lowest BCUT2D eigenvalue weighted by Gasteiger charge is -2.16. The maximum absolute atomic E-state index is 12.9. The molecule has 0 aliphatic carbocycles. The molecule has 0 amide bonds. The summed E-state index contributed by atoms with van der Waals surface area (Å²) < 4.78 is 12.9. The van der Waals surface area contributed by atoms with Crippen molar-refractivity contribution in [2.24, 2.45) is 0 Å². The van der Waals surface area contributed by atoms with E-state index >= 15 is 0 Å². The SMILES string of the molecule is CNC(CSc1cccc(Cl)c1)Cc1ccc(F)cc1. The summed E-state index contributed by atoms with van der Waals surface area (Å²) in [6, 6.07) is 14.9. The van der Waals surface area contributed by atoms with Crippen LogP contribution < -0.4 is 5.32 Å². The largest absolute Gasteiger partial charge is 0.316 e. The number of thioether (sulfide) groups is 1. The minimum Gasteiger partial charge on any atom is -0.316 e. The summed E-state index contributed by atoms with van der Waals surface area (Å²) >= 11 is 7.74. The van der Waals surface area contributed by atoms with Gasteiger partial charge in [0.2, 0.25) is 0 Å². The van der Waals surface area contributed by atoms with Crippen molar-refractivity contribution in [1.82, 2.24) is 5.32 Å². The summed E-state index contributed by atoms with van der Waals surface area (Å²) in [5, 5.41) is 4.06. The lowest BCUT2D eigenvalue weighted by Crippen LogP contribution is -2.30. The van der Waals surface area contributed by atoms with Crippen LogP contribution in [0.5, 0.6) is 0 Å². The number of benzene rings is 2. The number of likely N-dealkylation sites (N-methyl/N-ethyl adjacent to an activating group) is 1. The van der Waals surface area contributed by atoms with Gasteiger partial charge in [-0.25, -0.2) is 4.39 Å². The van der Waals surface area contributed by atoms with Crippen molar-refractivity contribution >= 4 is 23.4 Å². The van der Waals surface area contributed by atoms with Gasteiger partial charge >= 0.3 is 0 Å². The fourth-order valence-electron chi connectivity index (χ4n) is 1.90. The number of hydrogen-bond donors (Lipinski definition) is 1. The number of nitrogens with one attached hydrogen (secondary N) is 1. The predicted octanol–water partition coefficient (Wildman–Crippen LogP) is 4.40. The zero-order chi connectivity index (χ0) is 14.4. The third kappa shape index (κ3) is 4.82. The van der Waals surface area contributed by atoms with E-state index in [1.54, 1.807) is 11.8 Å². The van der Waals surface area contributed by atoms with Gasteiger partial charge in [0, 0.05) is 21.7 Å². The van der Waals surface area contributed by atoms with E-state index in [-0.39, 0.29) is 5.82 Å². The molecule has 1 atom stereocenters. The van der Waals surface area contributed by atoms with Crippen LogP contribution in [-0.2, 0) is 6.42 Å². The Kier molecular flexibility index (Phi) is 5.89. The fourth-order valence-corrected chi connectivity index (χ4v) is 3.22. The number of hydrogen-bond acceptors (Lipinski definition) is 2. The molecule has 1 nitrogen and oxygen atoms in total. The Balaban J connectivity index is 1.90. The Morgan fingerprint density at radius 2 is 1.95 bits per heavy atom. The first-order valence-electron chi connectivity index (χ1n) is 6.47. The third-order valence-corrected chi connectivity index (χ3v) is 4.44. The van der Waals surface area contributed by atoms with E-state index in [4.69, 9.17) is 11.6 Å². The van der Waals surface area contributed by atoms with Crippen LogP contribution in [0, 0.1) is 5.82 Å². The lowest BCUT2D eigenvalue weighted by molar-refractivity contribution is 0.609. The van der Waals surface area contributed by atoms with Crippen LogP contribution in [0.2, 0.25) is 5.02 Å². The van der Waals surface area contributed by atoms with Gasteiger partial charge in [-0.15, -0.1) is 11.8 Å². The first-order valence-corrected chi connectivity index (χ1v) is 7.84. The molecule has 0 aliphatic rings. The van der Waals surface area contributed by atoms with Gasteiger partial charge < -0.3 is 5.32 Å². The molecule has 2 rings (SSSR count). The van der Waals surface area contributed by atoms with Crippen LogP contribution in [0.1, 0.15) is 5.56 Å². The smallest absolute Gasteiger partial charge is 0.123 e. The van der Waals surface area contributed by atoms with Crippen LogP contribution in [0.15, 0.2) is 53.4 Å². The molecule has 2 aromatic rings. The van der Waals surface area contributed by atoms with E-state index in [2.05, 4.69) is 11.4 Å². The predicted molar refractivity (Wildman–Crippen MR) is 85.1 cm³/mol. The second kappa shape index (κ2) is 7.67. The Labute approximate surface area is 128 Å². The molecule has 0 aliphatic heterocycles. The summed E-state index contributed by atoms with van der Waals surface area (Å²) in [4.78, 5) is 1.16.